The fourth-order valence-electron chi connectivity index (χ4n) is 2.82. The highest BCUT2D eigenvalue weighted by molar-refractivity contribution is 5.96. The lowest BCUT2D eigenvalue weighted by atomic mass is 10.1. The number of hydrazone groups is 1. The Hall–Kier alpha value is -2.28. The first kappa shape index (κ1) is 19.1. The summed E-state index contributed by atoms with van der Waals surface area (Å²) < 4.78 is 15.8. The van der Waals surface area contributed by atoms with Crippen LogP contribution in [0.5, 0.6) is 17.2 Å². The number of methoxy groups -OCH3 is 3. The smallest absolute Gasteiger partial charge is 0.271 e. The number of nitrogens with one attached hydrogen (secondary N) is 1. The zero-order valence-electron chi connectivity index (χ0n) is 15.6. The van der Waals surface area contributed by atoms with E-state index >= 15 is 0 Å². The van der Waals surface area contributed by atoms with Gasteiger partial charge in [0.1, 0.15) is 0 Å². The summed E-state index contributed by atoms with van der Waals surface area (Å²) >= 11 is 0. The zero-order valence-corrected chi connectivity index (χ0v) is 15.6. The molecule has 25 heavy (non-hydrogen) atoms. The molecule has 1 aliphatic heterocycles. The monoisotopic (exact) mass is 349 g/mol. The highest BCUT2D eigenvalue weighted by atomic mass is 16.5. The van der Waals surface area contributed by atoms with Crippen molar-refractivity contribution in [2.75, 3.05) is 34.4 Å². The van der Waals surface area contributed by atoms with E-state index in [0.29, 0.717) is 28.9 Å². The molecule has 7 heteroatoms. The molecular formula is C18H27N3O4. The lowest BCUT2D eigenvalue weighted by molar-refractivity contribution is 0.0953. The highest BCUT2D eigenvalue weighted by Gasteiger charge is 2.19. The first-order chi connectivity index (χ1) is 12.0. The molecule has 1 aromatic carbocycles. The second-order valence-electron chi connectivity index (χ2n) is 6.16. The van der Waals surface area contributed by atoms with E-state index in [1.54, 1.807) is 12.1 Å². The summed E-state index contributed by atoms with van der Waals surface area (Å²) in [6, 6.07) is 3.76. The van der Waals surface area contributed by atoms with Crippen molar-refractivity contribution < 1.29 is 19.0 Å². The van der Waals surface area contributed by atoms with Gasteiger partial charge < -0.3 is 19.1 Å². The summed E-state index contributed by atoms with van der Waals surface area (Å²) in [5.41, 5.74) is 4.04. The van der Waals surface area contributed by atoms with Gasteiger partial charge in [-0.05, 0) is 26.0 Å². The van der Waals surface area contributed by atoms with Gasteiger partial charge >= 0.3 is 0 Å². The fraction of sp³-hybridized carbons (Fsp3) is 0.556. The highest BCUT2D eigenvalue weighted by Crippen LogP contribution is 2.38. The van der Waals surface area contributed by atoms with E-state index in [4.69, 9.17) is 14.2 Å². The minimum Gasteiger partial charge on any atom is -0.493 e. The Kier molecular flexibility index (Phi) is 6.64. The summed E-state index contributed by atoms with van der Waals surface area (Å²) in [7, 11) is 4.55. The first-order valence-electron chi connectivity index (χ1n) is 8.40. The number of benzene rings is 1. The van der Waals surface area contributed by atoms with Crippen LogP contribution >= 0.6 is 0 Å². The van der Waals surface area contributed by atoms with E-state index < -0.39 is 0 Å². The number of rotatable bonds is 6. The molecule has 1 saturated heterocycles. The second kappa shape index (κ2) is 8.71. The standard InChI is InChI=1S/C18H27N3O4/c1-12(2)21-8-6-14(7-9-21)19-20-18(22)13-10-15(23-3)17(25-5)16(11-13)24-4/h10-12H,6-9H2,1-5H3,(H,20,22). The van der Waals surface area contributed by atoms with Crippen molar-refractivity contribution in [3.05, 3.63) is 17.7 Å². The van der Waals surface area contributed by atoms with Gasteiger partial charge in [-0.25, -0.2) is 5.43 Å². The van der Waals surface area contributed by atoms with Gasteiger partial charge in [-0.3, -0.25) is 4.79 Å². The van der Waals surface area contributed by atoms with Crippen molar-refractivity contribution in [2.45, 2.75) is 32.7 Å². The lowest BCUT2D eigenvalue weighted by Crippen LogP contribution is -2.39. The van der Waals surface area contributed by atoms with Gasteiger partial charge in [0.25, 0.3) is 5.91 Å². The number of hydrogen-bond acceptors (Lipinski definition) is 6. The number of carbonyl (C=O) groups is 1. The van der Waals surface area contributed by atoms with Crippen LogP contribution in [0.1, 0.15) is 37.0 Å². The molecule has 1 aromatic rings. The normalized spacial score (nSPS) is 15.0. The summed E-state index contributed by atoms with van der Waals surface area (Å²) in [5, 5.41) is 4.28. The summed E-state index contributed by atoms with van der Waals surface area (Å²) in [6.07, 6.45) is 1.74. The second-order valence-corrected chi connectivity index (χ2v) is 6.16. The molecule has 2 rings (SSSR count). The number of nitrogens with zero attached hydrogens (tertiary/aromatic N) is 2. The van der Waals surface area contributed by atoms with Crippen molar-refractivity contribution in [3.8, 4) is 17.2 Å². The SMILES string of the molecule is COc1cc(C(=O)NN=C2CCN(C(C)C)CC2)cc(OC)c1OC. The summed E-state index contributed by atoms with van der Waals surface area (Å²) in [5.74, 6) is 1.02. The van der Waals surface area contributed by atoms with Crippen LogP contribution in [0, 0.1) is 0 Å². The zero-order chi connectivity index (χ0) is 18.4. The third kappa shape index (κ3) is 4.63. The molecular weight excluding hydrogens is 322 g/mol. The number of likely N-dealkylation sites (tertiary alicyclic amines) is 1. The molecule has 1 amide bonds. The Morgan fingerprint density at radius 3 is 2.08 bits per heavy atom. The van der Waals surface area contributed by atoms with Crippen LogP contribution in [0.4, 0.5) is 0 Å². The molecule has 1 heterocycles. The maximum atomic E-state index is 12.4. The Morgan fingerprint density at radius 2 is 1.64 bits per heavy atom. The quantitative estimate of drug-likeness (QED) is 0.798. The van der Waals surface area contributed by atoms with Crippen molar-refractivity contribution >= 4 is 11.6 Å². The molecule has 1 fully saturated rings. The number of ether oxygens (including phenoxy) is 3. The van der Waals surface area contributed by atoms with Crippen molar-refractivity contribution in [1.82, 2.24) is 10.3 Å². The van der Waals surface area contributed by atoms with Gasteiger partial charge in [-0.2, -0.15) is 5.10 Å². The van der Waals surface area contributed by atoms with Crippen LogP contribution in [0.25, 0.3) is 0 Å². The molecule has 0 aliphatic carbocycles. The maximum Gasteiger partial charge on any atom is 0.271 e. The molecule has 7 nitrogen and oxygen atoms in total. The van der Waals surface area contributed by atoms with Crippen LogP contribution < -0.4 is 19.6 Å². The number of hydrogen-bond donors (Lipinski definition) is 1. The average Bonchev–Trinajstić information content (AvgIpc) is 2.64. The predicted octanol–water partition coefficient (Wildman–Crippen LogP) is 2.30. The van der Waals surface area contributed by atoms with Gasteiger partial charge in [0.2, 0.25) is 5.75 Å². The number of piperidine rings is 1. The lowest BCUT2D eigenvalue weighted by Gasteiger charge is -2.30. The van der Waals surface area contributed by atoms with Crippen LogP contribution in [0.3, 0.4) is 0 Å². The molecule has 1 N–H and O–H groups in total. The van der Waals surface area contributed by atoms with Crippen LogP contribution in [-0.4, -0.2) is 57.0 Å². The largest absolute Gasteiger partial charge is 0.493 e. The topological polar surface area (TPSA) is 72.4 Å². The van der Waals surface area contributed by atoms with Crippen LogP contribution in [-0.2, 0) is 0 Å². The van der Waals surface area contributed by atoms with Gasteiger partial charge in [0.05, 0.1) is 21.3 Å². The molecule has 0 radical (unpaired) electrons. The van der Waals surface area contributed by atoms with Crippen molar-refractivity contribution in [1.29, 1.82) is 0 Å². The van der Waals surface area contributed by atoms with E-state index in [2.05, 4.69) is 29.3 Å². The van der Waals surface area contributed by atoms with E-state index in [-0.39, 0.29) is 5.91 Å². The van der Waals surface area contributed by atoms with Crippen molar-refractivity contribution in [3.63, 3.8) is 0 Å². The summed E-state index contributed by atoms with van der Waals surface area (Å²) in [6.45, 7) is 6.32. The van der Waals surface area contributed by atoms with Gasteiger partial charge in [-0.1, -0.05) is 0 Å². The Labute approximate surface area is 148 Å². The Bertz CT molecular complexity index is 608. The minimum absolute atomic E-state index is 0.307. The third-order valence-electron chi connectivity index (χ3n) is 4.35. The average molecular weight is 349 g/mol. The van der Waals surface area contributed by atoms with Crippen LogP contribution in [0.2, 0.25) is 0 Å². The van der Waals surface area contributed by atoms with Crippen LogP contribution in [0.15, 0.2) is 17.2 Å². The predicted molar refractivity (Wildman–Crippen MR) is 96.9 cm³/mol. The van der Waals surface area contributed by atoms with E-state index in [1.807, 2.05) is 0 Å². The molecule has 0 spiro atoms. The maximum absolute atomic E-state index is 12.4. The van der Waals surface area contributed by atoms with Gasteiger partial charge in [0.15, 0.2) is 11.5 Å². The fourth-order valence-corrected chi connectivity index (χ4v) is 2.82. The van der Waals surface area contributed by atoms with E-state index in [1.165, 1.54) is 21.3 Å². The number of carbonyl (C=O) groups excluding carboxylic acids is 1. The van der Waals surface area contributed by atoms with E-state index in [0.717, 1.165) is 31.6 Å². The minimum atomic E-state index is -0.307. The summed E-state index contributed by atoms with van der Waals surface area (Å²) in [4.78, 5) is 14.8. The molecule has 0 bridgehead atoms. The van der Waals surface area contributed by atoms with Crippen molar-refractivity contribution in [2.24, 2.45) is 5.10 Å². The molecule has 138 valence electrons. The molecule has 0 unspecified atom stereocenters. The Balaban J connectivity index is 2.07. The Morgan fingerprint density at radius 1 is 1.08 bits per heavy atom. The number of amides is 1. The molecule has 0 saturated carbocycles. The van der Waals surface area contributed by atoms with Gasteiger partial charge in [-0.15, -0.1) is 0 Å². The molecule has 0 aromatic heterocycles. The molecule has 0 atom stereocenters. The van der Waals surface area contributed by atoms with Gasteiger partial charge in [0, 0.05) is 43.2 Å². The molecule has 1 aliphatic rings. The van der Waals surface area contributed by atoms with E-state index in [9.17, 15) is 4.79 Å². The first-order valence-corrected chi connectivity index (χ1v) is 8.40. The third-order valence-corrected chi connectivity index (χ3v) is 4.35.